The molecular weight excluding hydrogens is 192 g/mol. The Morgan fingerprint density at radius 2 is 1.93 bits per heavy atom. The zero-order valence-corrected chi connectivity index (χ0v) is 10.6. The first-order valence-electron chi connectivity index (χ1n) is 5.53. The van der Waals surface area contributed by atoms with Crippen LogP contribution < -0.4 is 0 Å². The summed E-state index contributed by atoms with van der Waals surface area (Å²) in [5.41, 5.74) is -0.0506. The van der Waals surface area contributed by atoms with E-state index in [2.05, 4.69) is 25.5 Å². The Bertz CT molecular complexity index is 187. The third-order valence-electron chi connectivity index (χ3n) is 2.77. The van der Waals surface area contributed by atoms with E-state index in [9.17, 15) is 4.79 Å². The molecule has 0 heterocycles. The van der Waals surface area contributed by atoms with E-state index in [0.29, 0.717) is 12.3 Å². The molecule has 0 aliphatic carbocycles. The molecule has 1 unspecified atom stereocenters. The SMILES string of the molecule is COC(=O)CC(C)CCCC(C)(C)OC. The van der Waals surface area contributed by atoms with Gasteiger partial charge in [0.25, 0.3) is 0 Å². The molecule has 1 atom stereocenters. The third kappa shape index (κ3) is 7.37. The van der Waals surface area contributed by atoms with Crippen LogP contribution >= 0.6 is 0 Å². The highest BCUT2D eigenvalue weighted by Crippen LogP contribution is 2.20. The zero-order chi connectivity index (χ0) is 11.9. The summed E-state index contributed by atoms with van der Waals surface area (Å²) in [6, 6.07) is 0. The number of carbonyl (C=O) groups is 1. The third-order valence-corrected chi connectivity index (χ3v) is 2.77. The van der Waals surface area contributed by atoms with Crippen molar-refractivity contribution in [1.29, 1.82) is 0 Å². The molecule has 0 saturated heterocycles. The van der Waals surface area contributed by atoms with Crippen LogP contribution in [0, 0.1) is 5.92 Å². The first kappa shape index (κ1) is 14.4. The van der Waals surface area contributed by atoms with Gasteiger partial charge in [-0.2, -0.15) is 0 Å². The van der Waals surface area contributed by atoms with Gasteiger partial charge in [-0.1, -0.05) is 19.8 Å². The van der Waals surface area contributed by atoms with Gasteiger partial charge in [0.15, 0.2) is 0 Å². The van der Waals surface area contributed by atoms with Crippen LogP contribution in [-0.4, -0.2) is 25.8 Å². The van der Waals surface area contributed by atoms with E-state index in [1.807, 2.05) is 0 Å². The van der Waals surface area contributed by atoms with Crippen LogP contribution in [0.15, 0.2) is 0 Å². The van der Waals surface area contributed by atoms with Gasteiger partial charge >= 0.3 is 5.97 Å². The van der Waals surface area contributed by atoms with Gasteiger partial charge in [-0.05, 0) is 26.2 Å². The van der Waals surface area contributed by atoms with Gasteiger partial charge < -0.3 is 9.47 Å². The average molecular weight is 216 g/mol. The topological polar surface area (TPSA) is 35.5 Å². The van der Waals surface area contributed by atoms with Crippen LogP contribution in [0.2, 0.25) is 0 Å². The maximum atomic E-state index is 11.0. The van der Waals surface area contributed by atoms with E-state index >= 15 is 0 Å². The number of hydrogen-bond donors (Lipinski definition) is 0. The van der Waals surface area contributed by atoms with E-state index in [1.54, 1.807) is 7.11 Å². The molecule has 0 N–H and O–H groups in total. The van der Waals surface area contributed by atoms with Crippen molar-refractivity contribution in [2.24, 2.45) is 5.92 Å². The first-order valence-corrected chi connectivity index (χ1v) is 5.53. The smallest absolute Gasteiger partial charge is 0.305 e. The summed E-state index contributed by atoms with van der Waals surface area (Å²) in [6.45, 7) is 6.24. The molecule has 0 bridgehead atoms. The highest BCUT2D eigenvalue weighted by atomic mass is 16.5. The maximum Gasteiger partial charge on any atom is 0.305 e. The van der Waals surface area contributed by atoms with Crippen molar-refractivity contribution < 1.29 is 14.3 Å². The Kier molecular flexibility index (Phi) is 6.57. The summed E-state index contributed by atoms with van der Waals surface area (Å²) in [6.07, 6.45) is 3.67. The fraction of sp³-hybridized carbons (Fsp3) is 0.917. The molecule has 0 fully saturated rings. The van der Waals surface area contributed by atoms with E-state index < -0.39 is 0 Å². The molecule has 90 valence electrons. The van der Waals surface area contributed by atoms with Gasteiger partial charge in [-0.25, -0.2) is 0 Å². The fourth-order valence-corrected chi connectivity index (χ4v) is 1.45. The van der Waals surface area contributed by atoms with Crippen LogP contribution in [0.25, 0.3) is 0 Å². The van der Waals surface area contributed by atoms with Crippen molar-refractivity contribution in [3.8, 4) is 0 Å². The van der Waals surface area contributed by atoms with Crippen LogP contribution in [0.5, 0.6) is 0 Å². The standard InChI is InChI=1S/C12H24O3/c1-10(9-11(13)14-4)7-6-8-12(2,3)15-5/h10H,6-9H2,1-5H3. The second-order valence-corrected chi connectivity index (χ2v) is 4.74. The molecule has 0 aliphatic rings. The fourth-order valence-electron chi connectivity index (χ4n) is 1.45. The van der Waals surface area contributed by atoms with Crippen molar-refractivity contribution in [2.45, 2.75) is 52.1 Å². The number of esters is 1. The summed E-state index contributed by atoms with van der Waals surface area (Å²) in [7, 11) is 3.17. The van der Waals surface area contributed by atoms with Crippen LogP contribution in [-0.2, 0) is 14.3 Å². The molecule has 0 saturated carbocycles. The van der Waals surface area contributed by atoms with Gasteiger partial charge in [0.1, 0.15) is 0 Å². The largest absolute Gasteiger partial charge is 0.469 e. The normalized spacial score (nSPS) is 13.7. The second-order valence-electron chi connectivity index (χ2n) is 4.74. The van der Waals surface area contributed by atoms with Crippen molar-refractivity contribution >= 4 is 5.97 Å². The predicted molar refractivity (Wildman–Crippen MR) is 60.7 cm³/mol. The average Bonchev–Trinajstić information content (AvgIpc) is 2.17. The lowest BCUT2D eigenvalue weighted by molar-refractivity contribution is -0.141. The van der Waals surface area contributed by atoms with Crippen molar-refractivity contribution in [3.63, 3.8) is 0 Å². The van der Waals surface area contributed by atoms with E-state index in [4.69, 9.17) is 4.74 Å². The Balaban J connectivity index is 3.63. The molecule has 0 aliphatic heterocycles. The number of hydrogen-bond acceptors (Lipinski definition) is 3. The Morgan fingerprint density at radius 3 is 2.40 bits per heavy atom. The summed E-state index contributed by atoms with van der Waals surface area (Å²) >= 11 is 0. The summed E-state index contributed by atoms with van der Waals surface area (Å²) in [5, 5.41) is 0. The van der Waals surface area contributed by atoms with Gasteiger partial charge in [0.2, 0.25) is 0 Å². The van der Waals surface area contributed by atoms with E-state index in [0.717, 1.165) is 19.3 Å². The van der Waals surface area contributed by atoms with Gasteiger partial charge in [-0.15, -0.1) is 0 Å². The number of ether oxygens (including phenoxy) is 2. The molecule has 0 rings (SSSR count). The van der Waals surface area contributed by atoms with Gasteiger partial charge in [0, 0.05) is 13.5 Å². The highest BCUT2D eigenvalue weighted by molar-refractivity contribution is 5.69. The lowest BCUT2D eigenvalue weighted by Crippen LogP contribution is -2.22. The van der Waals surface area contributed by atoms with E-state index in [1.165, 1.54) is 7.11 Å². The predicted octanol–water partition coefficient (Wildman–Crippen LogP) is 2.78. The Hall–Kier alpha value is -0.570. The molecule has 0 amide bonds. The monoisotopic (exact) mass is 216 g/mol. The molecule has 0 radical (unpaired) electrons. The van der Waals surface area contributed by atoms with Crippen molar-refractivity contribution in [2.75, 3.05) is 14.2 Å². The number of carbonyl (C=O) groups excluding carboxylic acids is 1. The minimum atomic E-state index is -0.117. The zero-order valence-electron chi connectivity index (χ0n) is 10.6. The van der Waals surface area contributed by atoms with Crippen LogP contribution in [0.1, 0.15) is 46.5 Å². The molecular formula is C12H24O3. The van der Waals surface area contributed by atoms with Gasteiger partial charge in [0.05, 0.1) is 12.7 Å². The quantitative estimate of drug-likeness (QED) is 0.614. The second kappa shape index (κ2) is 6.83. The first-order chi connectivity index (χ1) is 6.91. The molecule has 0 aromatic heterocycles. The van der Waals surface area contributed by atoms with Crippen molar-refractivity contribution in [3.05, 3.63) is 0 Å². The minimum absolute atomic E-state index is 0.0506. The lowest BCUT2D eigenvalue weighted by Gasteiger charge is -2.23. The van der Waals surface area contributed by atoms with Crippen LogP contribution in [0.3, 0.4) is 0 Å². The molecule has 0 aromatic rings. The van der Waals surface area contributed by atoms with Crippen molar-refractivity contribution in [1.82, 2.24) is 0 Å². The number of rotatable bonds is 7. The molecule has 0 aromatic carbocycles. The molecule has 3 nitrogen and oxygen atoms in total. The summed E-state index contributed by atoms with van der Waals surface area (Å²) in [5.74, 6) is 0.276. The number of methoxy groups -OCH3 is 2. The Labute approximate surface area is 93.1 Å². The maximum absolute atomic E-state index is 11.0. The Morgan fingerprint density at radius 1 is 1.33 bits per heavy atom. The van der Waals surface area contributed by atoms with Gasteiger partial charge in [-0.3, -0.25) is 4.79 Å². The molecule has 15 heavy (non-hydrogen) atoms. The minimum Gasteiger partial charge on any atom is -0.469 e. The summed E-state index contributed by atoms with van der Waals surface area (Å²) in [4.78, 5) is 11.0. The highest BCUT2D eigenvalue weighted by Gasteiger charge is 2.16. The molecule has 3 heteroatoms. The summed E-state index contributed by atoms with van der Waals surface area (Å²) < 4.78 is 9.96. The van der Waals surface area contributed by atoms with E-state index in [-0.39, 0.29) is 11.6 Å². The van der Waals surface area contributed by atoms with Crippen LogP contribution in [0.4, 0.5) is 0 Å². The molecule has 0 spiro atoms. The lowest BCUT2D eigenvalue weighted by atomic mass is 9.95.